The largest absolute Gasteiger partial charge is 0.353 e. The van der Waals surface area contributed by atoms with Crippen molar-refractivity contribution in [1.29, 1.82) is 0 Å². The molecule has 1 atom stereocenters. The Labute approximate surface area is 161 Å². The zero-order chi connectivity index (χ0) is 18.6. The van der Waals surface area contributed by atoms with Gasteiger partial charge in [-0.15, -0.1) is 0 Å². The smallest absolute Gasteiger partial charge is 0.243 e. The molecule has 1 aliphatic heterocycles. The Bertz CT molecular complexity index is 715. The van der Waals surface area contributed by atoms with Gasteiger partial charge in [0.25, 0.3) is 0 Å². The van der Waals surface area contributed by atoms with Crippen LogP contribution in [0.25, 0.3) is 0 Å². The minimum absolute atomic E-state index is 0.0277. The standard InChI is InChI=1S/C19H27ClN2O3S/c20-15-9-11-18(12-10-15)26(24,25)22-13-5-4-8-17(22)14-19(23)21-16-6-2-1-3-7-16/h9-12,16-17H,1-8,13-14H2,(H,21,23). The van der Waals surface area contributed by atoms with Gasteiger partial charge in [-0.3, -0.25) is 4.79 Å². The molecule has 1 saturated carbocycles. The van der Waals surface area contributed by atoms with Crippen molar-refractivity contribution in [2.24, 2.45) is 0 Å². The summed E-state index contributed by atoms with van der Waals surface area (Å²) in [5.74, 6) is -0.0277. The second-order valence-electron chi connectivity index (χ2n) is 7.33. The van der Waals surface area contributed by atoms with E-state index in [4.69, 9.17) is 11.6 Å². The van der Waals surface area contributed by atoms with Crippen LogP contribution >= 0.6 is 11.6 Å². The normalized spacial score (nSPS) is 22.9. The number of carbonyl (C=O) groups is 1. The molecule has 0 radical (unpaired) electrons. The zero-order valence-electron chi connectivity index (χ0n) is 15.0. The molecule has 1 heterocycles. The summed E-state index contributed by atoms with van der Waals surface area (Å²) >= 11 is 5.88. The topological polar surface area (TPSA) is 66.5 Å². The molecule has 0 spiro atoms. The number of rotatable bonds is 5. The summed E-state index contributed by atoms with van der Waals surface area (Å²) in [6.07, 6.45) is 8.36. The highest BCUT2D eigenvalue weighted by molar-refractivity contribution is 7.89. The summed E-state index contributed by atoms with van der Waals surface area (Å²) < 4.78 is 27.6. The Morgan fingerprint density at radius 1 is 1.04 bits per heavy atom. The fourth-order valence-electron chi connectivity index (χ4n) is 3.98. The third-order valence-electron chi connectivity index (χ3n) is 5.38. The van der Waals surface area contributed by atoms with Gasteiger partial charge in [0.1, 0.15) is 0 Å². The average Bonchev–Trinajstić information content (AvgIpc) is 2.63. The maximum Gasteiger partial charge on any atom is 0.243 e. The number of sulfonamides is 1. The first kappa shape index (κ1) is 19.6. The lowest BCUT2D eigenvalue weighted by atomic mass is 9.95. The summed E-state index contributed by atoms with van der Waals surface area (Å²) in [4.78, 5) is 12.7. The molecule has 1 N–H and O–H groups in total. The number of nitrogens with one attached hydrogen (secondary N) is 1. The minimum atomic E-state index is -3.61. The van der Waals surface area contributed by atoms with E-state index >= 15 is 0 Å². The number of hydrogen-bond donors (Lipinski definition) is 1. The molecule has 3 rings (SSSR count). The van der Waals surface area contributed by atoms with E-state index in [9.17, 15) is 13.2 Å². The maximum atomic E-state index is 13.0. The number of carbonyl (C=O) groups excluding carboxylic acids is 1. The van der Waals surface area contributed by atoms with Crippen LogP contribution in [0, 0.1) is 0 Å². The van der Waals surface area contributed by atoms with Crippen LogP contribution in [0.15, 0.2) is 29.2 Å². The highest BCUT2D eigenvalue weighted by atomic mass is 35.5. The minimum Gasteiger partial charge on any atom is -0.353 e. The SMILES string of the molecule is O=C(CC1CCCCN1S(=O)(=O)c1ccc(Cl)cc1)NC1CCCCC1. The predicted molar refractivity (Wildman–Crippen MR) is 103 cm³/mol. The molecule has 0 aromatic heterocycles. The lowest BCUT2D eigenvalue weighted by Crippen LogP contribution is -2.47. The number of halogens is 1. The second-order valence-corrected chi connectivity index (χ2v) is 9.65. The summed E-state index contributed by atoms with van der Waals surface area (Å²) in [6, 6.07) is 6.22. The van der Waals surface area contributed by atoms with Crippen molar-refractivity contribution >= 4 is 27.5 Å². The summed E-state index contributed by atoms with van der Waals surface area (Å²) in [5, 5.41) is 3.61. The molecule has 1 aliphatic carbocycles. The number of hydrogen-bond acceptors (Lipinski definition) is 3. The summed E-state index contributed by atoms with van der Waals surface area (Å²) in [5.41, 5.74) is 0. The van der Waals surface area contributed by atoms with Crippen molar-refractivity contribution in [2.75, 3.05) is 6.54 Å². The van der Waals surface area contributed by atoms with Gasteiger partial charge in [-0.1, -0.05) is 37.3 Å². The van der Waals surface area contributed by atoms with Crippen LogP contribution in [-0.4, -0.2) is 37.3 Å². The van der Waals surface area contributed by atoms with Gasteiger partial charge in [0.15, 0.2) is 0 Å². The molecule has 2 fully saturated rings. The van der Waals surface area contributed by atoms with Crippen molar-refractivity contribution in [3.63, 3.8) is 0 Å². The Morgan fingerprint density at radius 3 is 2.38 bits per heavy atom. The summed E-state index contributed by atoms with van der Waals surface area (Å²) in [6.45, 7) is 0.465. The van der Waals surface area contributed by atoms with Crippen LogP contribution in [0.2, 0.25) is 5.02 Å². The first-order valence-corrected chi connectivity index (χ1v) is 11.4. The van der Waals surface area contributed by atoms with Crippen LogP contribution in [0.1, 0.15) is 57.8 Å². The molecule has 26 heavy (non-hydrogen) atoms. The average molecular weight is 399 g/mol. The Hall–Kier alpha value is -1.11. The van der Waals surface area contributed by atoms with Gasteiger partial charge in [-0.2, -0.15) is 4.31 Å². The van der Waals surface area contributed by atoms with Gasteiger partial charge in [-0.05, 0) is 49.9 Å². The second kappa shape index (κ2) is 8.72. The van der Waals surface area contributed by atoms with Crippen molar-refractivity contribution in [2.45, 2.75) is 74.8 Å². The molecular formula is C19H27ClN2O3S. The Balaban J connectivity index is 1.68. The molecule has 2 aliphatic rings. The molecule has 1 aromatic rings. The molecule has 1 unspecified atom stereocenters. The highest BCUT2D eigenvalue weighted by Gasteiger charge is 2.34. The highest BCUT2D eigenvalue weighted by Crippen LogP contribution is 2.28. The maximum absolute atomic E-state index is 13.0. The Morgan fingerprint density at radius 2 is 1.69 bits per heavy atom. The van der Waals surface area contributed by atoms with Crippen molar-refractivity contribution in [3.05, 3.63) is 29.3 Å². The van der Waals surface area contributed by atoms with Gasteiger partial charge < -0.3 is 5.32 Å². The van der Waals surface area contributed by atoms with Crippen molar-refractivity contribution in [1.82, 2.24) is 9.62 Å². The third kappa shape index (κ3) is 4.78. The number of amides is 1. The van der Waals surface area contributed by atoms with Crippen LogP contribution in [0.4, 0.5) is 0 Å². The fraction of sp³-hybridized carbons (Fsp3) is 0.632. The zero-order valence-corrected chi connectivity index (χ0v) is 16.6. The van der Waals surface area contributed by atoms with E-state index < -0.39 is 10.0 Å². The molecule has 0 bridgehead atoms. The van der Waals surface area contributed by atoms with Crippen LogP contribution in [-0.2, 0) is 14.8 Å². The van der Waals surface area contributed by atoms with Gasteiger partial charge in [0.2, 0.25) is 15.9 Å². The third-order valence-corrected chi connectivity index (χ3v) is 7.60. The monoisotopic (exact) mass is 398 g/mol. The quantitative estimate of drug-likeness (QED) is 0.821. The van der Waals surface area contributed by atoms with Crippen molar-refractivity contribution < 1.29 is 13.2 Å². The van der Waals surface area contributed by atoms with Crippen LogP contribution in [0.5, 0.6) is 0 Å². The van der Waals surface area contributed by atoms with Crippen LogP contribution in [0.3, 0.4) is 0 Å². The van der Waals surface area contributed by atoms with Gasteiger partial charge in [0.05, 0.1) is 4.90 Å². The molecule has 1 aromatic carbocycles. The predicted octanol–water partition coefficient (Wildman–Crippen LogP) is 3.72. The number of piperidine rings is 1. The molecule has 7 heteroatoms. The number of nitrogens with zero attached hydrogens (tertiary/aromatic N) is 1. The molecule has 144 valence electrons. The van der Waals surface area contributed by atoms with Gasteiger partial charge in [-0.25, -0.2) is 8.42 Å². The van der Waals surface area contributed by atoms with E-state index in [2.05, 4.69) is 5.32 Å². The van der Waals surface area contributed by atoms with E-state index in [1.54, 1.807) is 12.1 Å². The molecule has 5 nitrogen and oxygen atoms in total. The van der Waals surface area contributed by atoms with E-state index in [0.29, 0.717) is 11.6 Å². The van der Waals surface area contributed by atoms with Gasteiger partial charge in [0, 0.05) is 30.1 Å². The van der Waals surface area contributed by atoms with E-state index in [0.717, 1.165) is 44.9 Å². The lowest BCUT2D eigenvalue weighted by Gasteiger charge is -2.35. The first-order chi connectivity index (χ1) is 12.5. The van der Waals surface area contributed by atoms with Crippen LogP contribution < -0.4 is 5.32 Å². The first-order valence-electron chi connectivity index (χ1n) is 9.53. The lowest BCUT2D eigenvalue weighted by molar-refractivity contribution is -0.123. The number of benzene rings is 1. The fourth-order valence-corrected chi connectivity index (χ4v) is 5.80. The Kier molecular flexibility index (Phi) is 6.59. The van der Waals surface area contributed by atoms with E-state index in [1.165, 1.54) is 22.9 Å². The molecule has 1 saturated heterocycles. The molecule has 1 amide bonds. The molecular weight excluding hydrogens is 372 g/mol. The van der Waals surface area contributed by atoms with E-state index in [1.807, 2.05) is 0 Å². The van der Waals surface area contributed by atoms with Gasteiger partial charge >= 0.3 is 0 Å². The van der Waals surface area contributed by atoms with E-state index in [-0.39, 0.29) is 29.3 Å². The summed E-state index contributed by atoms with van der Waals surface area (Å²) in [7, 11) is -3.61. The van der Waals surface area contributed by atoms with Crippen molar-refractivity contribution in [3.8, 4) is 0 Å².